The molecule has 11 heteroatoms. The van der Waals surface area contributed by atoms with E-state index in [0.717, 1.165) is 0 Å². The van der Waals surface area contributed by atoms with E-state index in [4.69, 9.17) is 5.26 Å². The molecule has 10 nitrogen and oxygen atoms in total. The molecule has 2 aromatic carbocycles. The molecule has 0 saturated carbocycles. The number of halogens is 1. The van der Waals surface area contributed by atoms with Crippen molar-refractivity contribution in [1.29, 1.82) is 5.26 Å². The van der Waals surface area contributed by atoms with E-state index in [2.05, 4.69) is 41.7 Å². The highest BCUT2D eigenvalue weighted by molar-refractivity contribution is 5.82. The van der Waals surface area contributed by atoms with Crippen LogP contribution in [0.3, 0.4) is 0 Å². The fourth-order valence-corrected chi connectivity index (χ4v) is 3.69. The zero-order valence-corrected chi connectivity index (χ0v) is 18.0. The van der Waals surface area contributed by atoms with E-state index >= 15 is 0 Å². The fraction of sp³-hybridized carbons (Fsp3) is 0.130. The number of hydrogen-bond acceptors (Lipinski definition) is 8. The summed E-state index contributed by atoms with van der Waals surface area (Å²) in [7, 11) is 0. The van der Waals surface area contributed by atoms with Gasteiger partial charge in [0, 0.05) is 0 Å². The van der Waals surface area contributed by atoms with Gasteiger partial charge in [0.15, 0.2) is 17.3 Å². The molecule has 0 saturated heterocycles. The molecule has 5 aromatic rings. The number of nitrogens with zero attached hydrogens (tertiary/aromatic N) is 6. The Kier molecular flexibility index (Phi) is 5.31. The Hall–Kier alpha value is -4.85. The number of aromatic nitrogens is 6. The van der Waals surface area contributed by atoms with Crippen LogP contribution < -0.4 is 16.3 Å². The van der Waals surface area contributed by atoms with Crippen LogP contribution >= 0.6 is 0 Å². The predicted octanol–water partition coefficient (Wildman–Crippen LogP) is 3.51. The molecular formula is C23H18FN9O. The predicted molar refractivity (Wildman–Crippen MR) is 124 cm³/mol. The number of nitrogens with one attached hydrogen (secondary N) is 3. The number of aromatic amines is 1. The van der Waals surface area contributed by atoms with E-state index in [1.54, 1.807) is 30.3 Å². The number of fused-ring (bicyclic) bond motifs is 2. The molecule has 0 bridgehead atoms. The SMILES string of the molecule is CCC(Nc1ncnc2nc[nH]c12)c1nc2cccc(F)c2c(=O)n1Nc1ccc(C#N)cc1. The quantitative estimate of drug-likeness (QED) is 0.354. The van der Waals surface area contributed by atoms with E-state index in [1.165, 1.54) is 29.5 Å². The summed E-state index contributed by atoms with van der Waals surface area (Å²) >= 11 is 0. The first-order valence-corrected chi connectivity index (χ1v) is 10.5. The highest BCUT2D eigenvalue weighted by Gasteiger charge is 2.22. The van der Waals surface area contributed by atoms with Gasteiger partial charge in [-0.05, 0) is 42.8 Å². The second kappa shape index (κ2) is 8.59. The average Bonchev–Trinajstić information content (AvgIpc) is 3.34. The van der Waals surface area contributed by atoms with Gasteiger partial charge < -0.3 is 10.3 Å². The van der Waals surface area contributed by atoms with Gasteiger partial charge in [0.2, 0.25) is 0 Å². The molecule has 1 atom stereocenters. The third-order valence-electron chi connectivity index (χ3n) is 5.38. The molecule has 168 valence electrons. The Morgan fingerprint density at radius 3 is 2.76 bits per heavy atom. The van der Waals surface area contributed by atoms with Crippen LogP contribution in [0.15, 0.2) is 59.9 Å². The van der Waals surface area contributed by atoms with Crippen molar-refractivity contribution in [2.75, 3.05) is 10.7 Å². The van der Waals surface area contributed by atoms with E-state index in [-0.39, 0.29) is 10.9 Å². The van der Waals surface area contributed by atoms with Crippen LogP contribution in [-0.4, -0.2) is 29.6 Å². The Morgan fingerprint density at radius 2 is 2.00 bits per heavy atom. The number of hydrogen-bond donors (Lipinski definition) is 3. The third-order valence-corrected chi connectivity index (χ3v) is 5.38. The topological polar surface area (TPSA) is 137 Å². The summed E-state index contributed by atoms with van der Waals surface area (Å²) in [5, 5.41) is 12.2. The molecule has 1 unspecified atom stereocenters. The zero-order chi connectivity index (χ0) is 23.7. The van der Waals surface area contributed by atoms with Gasteiger partial charge in [-0.25, -0.2) is 29.0 Å². The average molecular weight is 455 g/mol. The second-order valence-electron chi connectivity index (χ2n) is 7.47. The van der Waals surface area contributed by atoms with Crippen LogP contribution in [0.25, 0.3) is 22.1 Å². The van der Waals surface area contributed by atoms with Crippen LogP contribution in [0, 0.1) is 17.1 Å². The van der Waals surface area contributed by atoms with Crippen LogP contribution in [0.2, 0.25) is 0 Å². The molecule has 3 N–H and O–H groups in total. The summed E-state index contributed by atoms with van der Waals surface area (Å²) in [5.41, 5.74) is 4.79. The molecule has 0 aliphatic heterocycles. The van der Waals surface area contributed by atoms with Crippen molar-refractivity contribution in [2.24, 2.45) is 0 Å². The summed E-state index contributed by atoms with van der Waals surface area (Å²) in [6.45, 7) is 1.93. The number of nitriles is 1. The number of rotatable bonds is 6. The van der Waals surface area contributed by atoms with Crippen LogP contribution in [0.4, 0.5) is 15.9 Å². The van der Waals surface area contributed by atoms with Crippen molar-refractivity contribution in [3.63, 3.8) is 0 Å². The number of anilines is 2. The maximum atomic E-state index is 14.6. The fourth-order valence-electron chi connectivity index (χ4n) is 3.69. The van der Waals surface area contributed by atoms with Crippen molar-refractivity contribution in [3.05, 3.63) is 82.7 Å². The minimum atomic E-state index is -0.659. The molecule has 0 radical (unpaired) electrons. The van der Waals surface area contributed by atoms with Gasteiger partial charge in [0.25, 0.3) is 5.56 Å². The maximum absolute atomic E-state index is 14.6. The summed E-state index contributed by atoms with van der Waals surface area (Å²) in [5.74, 6) is 0.169. The van der Waals surface area contributed by atoms with Crippen LogP contribution in [0.1, 0.15) is 30.8 Å². The number of imidazole rings is 1. The van der Waals surface area contributed by atoms with E-state index in [1.807, 2.05) is 6.92 Å². The Bertz CT molecular complexity index is 1600. The molecule has 34 heavy (non-hydrogen) atoms. The summed E-state index contributed by atoms with van der Waals surface area (Å²) < 4.78 is 15.8. The largest absolute Gasteiger partial charge is 0.358 e. The third kappa shape index (κ3) is 3.67. The van der Waals surface area contributed by atoms with E-state index < -0.39 is 17.4 Å². The van der Waals surface area contributed by atoms with Gasteiger partial charge in [-0.2, -0.15) is 5.26 Å². The minimum absolute atomic E-state index is 0.125. The highest BCUT2D eigenvalue weighted by atomic mass is 19.1. The van der Waals surface area contributed by atoms with Crippen molar-refractivity contribution < 1.29 is 4.39 Å². The van der Waals surface area contributed by atoms with Crippen LogP contribution in [-0.2, 0) is 0 Å². The molecule has 0 amide bonds. The zero-order valence-electron chi connectivity index (χ0n) is 18.0. The lowest BCUT2D eigenvalue weighted by Crippen LogP contribution is -2.34. The van der Waals surface area contributed by atoms with Gasteiger partial charge in [-0.3, -0.25) is 10.2 Å². The molecule has 0 fully saturated rings. The minimum Gasteiger partial charge on any atom is -0.358 e. The van der Waals surface area contributed by atoms with Gasteiger partial charge in [-0.15, -0.1) is 0 Å². The summed E-state index contributed by atoms with van der Waals surface area (Å²) in [6.07, 6.45) is 3.44. The van der Waals surface area contributed by atoms with Gasteiger partial charge in [-0.1, -0.05) is 13.0 Å². The lowest BCUT2D eigenvalue weighted by molar-refractivity contribution is 0.622. The second-order valence-corrected chi connectivity index (χ2v) is 7.47. The molecule has 0 aliphatic rings. The van der Waals surface area contributed by atoms with Crippen molar-refractivity contribution >= 4 is 33.6 Å². The first-order valence-electron chi connectivity index (χ1n) is 10.5. The Balaban J connectivity index is 1.65. The van der Waals surface area contributed by atoms with Crippen molar-refractivity contribution in [3.8, 4) is 6.07 Å². The standard InChI is InChI=1S/C23H18FN9O/c1-2-16(30-21-19-20(27-11-26-19)28-12-29-21)22-31-17-5-3-4-15(24)18(17)23(34)33(22)32-14-8-6-13(10-25)7-9-14/h3-9,11-12,16,32H,2H2,1H3,(H2,26,27,28,29,30). The van der Waals surface area contributed by atoms with Crippen LogP contribution in [0.5, 0.6) is 0 Å². The first-order chi connectivity index (χ1) is 16.6. The molecule has 5 rings (SSSR count). The molecule has 0 aliphatic carbocycles. The molecule has 3 heterocycles. The van der Waals surface area contributed by atoms with Gasteiger partial charge in [0.1, 0.15) is 23.0 Å². The molecule has 0 spiro atoms. The lowest BCUT2D eigenvalue weighted by atomic mass is 10.1. The number of H-pyrrole nitrogens is 1. The normalized spacial score (nSPS) is 11.9. The monoisotopic (exact) mass is 455 g/mol. The number of benzene rings is 2. The molecular weight excluding hydrogens is 437 g/mol. The first kappa shape index (κ1) is 21.0. The Morgan fingerprint density at radius 1 is 1.18 bits per heavy atom. The Labute approximate surface area is 192 Å². The molecule has 3 aromatic heterocycles. The van der Waals surface area contributed by atoms with E-state index in [9.17, 15) is 9.18 Å². The van der Waals surface area contributed by atoms with E-state index in [0.29, 0.717) is 40.5 Å². The van der Waals surface area contributed by atoms with Crippen molar-refractivity contribution in [1.82, 2.24) is 29.6 Å². The van der Waals surface area contributed by atoms with Gasteiger partial charge in [0.05, 0.1) is 35.2 Å². The highest BCUT2D eigenvalue weighted by Crippen LogP contribution is 2.25. The summed E-state index contributed by atoms with van der Waals surface area (Å²) in [6, 6.07) is 12.5. The lowest BCUT2D eigenvalue weighted by Gasteiger charge is -2.23. The van der Waals surface area contributed by atoms with Gasteiger partial charge >= 0.3 is 0 Å². The smallest absolute Gasteiger partial charge is 0.283 e. The van der Waals surface area contributed by atoms with Crippen molar-refractivity contribution in [2.45, 2.75) is 19.4 Å². The summed E-state index contributed by atoms with van der Waals surface area (Å²) in [4.78, 5) is 33.6. The maximum Gasteiger partial charge on any atom is 0.283 e.